The van der Waals surface area contributed by atoms with Gasteiger partial charge >= 0.3 is 0 Å². The van der Waals surface area contributed by atoms with E-state index in [2.05, 4.69) is 10.3 Å². The maximum Gasteiger partial charge on any atom is 0.262 e. The van der Waals surface area contributed by atoms with Crippen LogP contribution in [0.4, 0.5) is 5.69 Å². The summed E-state index contributed by atoms with van der Waals surface area (Å²) >= 11 is 7.01. The Kier molecular flexibility index (Phi) is 3.88. The van der Waals surface area contributed by atoms with Crippen molar-refractivity contribution in [2.45, 2.75) is 11.7 Å². The van der Waals surface area contributed by atoms with Crippen molar-refractivity contribution >= 4 is 46.0 Å². The lowest BCUT2D eigenvalue weighted by atomic mass is 10.2. The van der Waals surface area contributed by atoms with E-state index in [1.807, 2.05) is 0 Å². The predicted molar refractivity (Wildman–Crippen MR) is 72.7 cm³/mol. The molecule has 18 heavy (non-hydrogen) atoms. The minimum atomic E-state index is -0.535. The normalized spacial score (nSPS) is 18.6. The molecule has 1 heterocycles. The Morgan fingerprint density at radius 2 is 2.22 bits per heavy atom. The molecule has 0 spiro atoms. The number of carbonyl (C=O) groups is 2. The van der Waals surface area contributed by atoms with Gasteiger partial charge in [-0.15, -0.1) is 0 Å². The Labute approximate surface area is 113 Å². The van der Waals surface area contributed by atoms with Gasteiger partial charge in [0.25, 0.3) is 5.91 Å². The first-order valence-corrected chi connectivity index (χ1v) is 6.41. The largest absolute Gasteiger partial charge is 0.378 e. The van der Waals surface area contributed by atoms with Crippen molar-refractivity contribution < 1.29 is 9.59 Å². The van der Waals surface area contributed by atoms with Crippen LogP contribution < -0.4 is 11.1 Å². The molecular weight excluding hydrogens is 274 g/mol. The van der Waals surface area contributed by atoms with Crippen LogP contribution in [-0.2, 0) is 9.59 Å². The van der Waals surface area contributed by atoms with Gasteiger partial charge < -0.3 is 11.1 Å². The summed E-state index contributed by atoms with van der Waals surface area (Å²) in [6.07, 6.45) is 0.0267. The maximum atomic E-state index is 11.7. The molecule has 0 saturated heterocycles. The third kappa shape index (κ3) is 3.02. The number of nitrogens with one attached hydrogen (secondary N) is 1. The minimum Gasteiger partial charge on any atom is -0.378 e. The van der Waals surface area contributed by atoms with Crippen LogP contribution in [0, 0.1) is 0 Å². The molecule has 7 heteroatoms. The topological polar surface area (TPSA) is 84.5 Å². The zero-order valence-electron chi connectivity index (χ0n) is 9.22. The molecule has 1 aliphatic rings. The predicted octanol–water partition coefficient (Wildman–Crippen LogP) is 1.63. The van der Waals surface area contributed by atoms with Crippen molar-refractivity contribution in [3.8, 4) is 0 Å². The first-order valence-electron chi connectivity index (χ1n) is 5.15. The van der Waals surface area contributed by atoms with Gasteiger partial charge in [0.05, 0.1) is 10.7 Å². The fraction of sp³-hybridized carbons (Fsp3) is 0.182. The van der Waals surface area contributed by atoms with Gasteiger partial charge in [0, 0.05) is 6.42 Å². The quantitative estimate of drug-likeness (QED) is 0.883. The fourth-order valence-corrected chi connectivity index (χ4v) is 2.47. The van der Waals surface area contributed by atoms with Crippen molar-refractivity contribution in [2.24, 2.45) is 10.7 Å². The molecule has 1 aromatic rings. The van der Waals surface area contributed by atoms with Gasteiger partial charge in [0.2, 0.25) is 5.91 Å². The second-order valence-corrected chi connectivity index (χ2v) is 5.26. The van der Waals surface area contributed by atoms with Crippen LogP contribution in [-0.4, -0.2) is 22.2 Å². The summed E-state index contributed by atoms with van der Waals surface area (Å²) in [4.78, 5) is 26.7. The van der Waals surface area contributed by atoms with Crippen molar-refractivity contribution in [3.05, 3.63) is 29.3 Å². The molecule has 3 N–H and O–H groups in total. The summed E-state index contributed by atoms with van der Waals surface area (Å²) in [5.41, 5.74) is 5.93. The number of benzene rings is 1. The van der Waals surface area contributed by atoms with Crippen molar-refractivity contribution in [2.75, 3.05) is 5.32 Å². The van der Waals surface area contributed by atoms with Crippen LogP contribution in [0.5, 0.6) is 0 Å². The standard InChI is InChI=1S/C11H10ClN3O2S/c12-6-3-1-2-4-7(6)14-9(16)5-8-10(17)15-11(13)18-8/h1-4,8H,5H2,(H,14,16)(H2,13,15,17)/t8-/m1/s1. The highest BCUT2D eigenvalue weighted by Gasteiger charge is 2.29. The maximum absolute atomic E-state index is 11.7. The molecule has 0 unspecified atom stereocenters. The van der Waals surface area contributed by atoms with Crippen LogP contribution in [0.25, 0.3) is 0 Å². The number of nitrogens with two attached hydrogens (primary N) is 1. The SMILES string of the molecule is NC1=NC(=O)[C@@H](CC(=O)Nc2ccccc2Cl)S1. The lowest BCUT2D eigenvalue weighted by Gasteiger charge is -2.08. The third-order valence-corrected chi connectivity index (χ3v) is 3.59. The van der Waals surface area contributed by atoms with Gasteiger partial charge in [-0.1, -0.05) is 35.5 Å². The lowest BCUT2D eigenvalue weighted by Crippen LogP contribution is -2.21. The number of amides is 2. The number of hydrogen-bond acceptors (Lipinski definition) is 4. The number of rotatable bonds is 3. The monoisotopic (exact) mass is 283 g/mol. The summed E-state index contributed by atoms with van der Waals surface area (Å²) in [5, 5.41) is 2.76. The number of anilines is 1. The Bertz CT molecular complexity index is 533. The van der Waals surface area contributed by atoms with E-state index in [0.29, 0.717) is 10.7 Å². The van der Waals surface area contributed by atoms with Crippen LogP contribution >= 0.6 is 23.4 Å². The molecular formula is C11H10ClN3O2S. The molecule has 2 rings (SSSR count). The first-order chi connectivity index (χ1) is 8.56. The number of amidine groups is 1. The minimum absolute atomic E-state index is 0.0267. The number of halogens is 1. The van der Waals surface area contributed by atoms with Crippen molar-refractivity contribution in [1.82, 2.24) is 0 Å². The van der Waals surface area contributed by atoms with Crippen LogP contribution in [0.2, 0.25) is 5.02 Å². The van der Waals surface area contributed by atoms with Crippen LogP contribution in [0.1, 0.15) is 6.42 Å². The number of carbonyl (C=O) groups excluding carboxylic acids is 2. The highest BCUT2D eigenvalue weighted by atomic mass is 35.5. The molecule has 0 bridgehead atoms. The van der Waals surface area contributed by atoms with Crippen LogP contribution in [0.3, 0.4) is 0 Å². The van der Waals surface area contributed by atoms with Gasteiger partial charge in [-0.25, -0.2) is 0 Å². The van der Waals surface area contributed by atoms with E-state index < -0.39 is 5.25 Å². The van der Waals surface area contributed by atoms with Crippen molar-refractivity contribution in [3.63, 3.8) is 0 Å². The Hall–Kier alpha value is -1.53. The Morgan fingerprint density at radius 1 is 1.50 bits per heavy atom. The fourth-order valence-electron chi connectivity index (χ4n) is 1.46. The highest BCUT2D eigenvalue weighted by molar-refractivity contribution is 8.15. The number of aliphatic imine (C=N–C) groups is 1. The van der Waals surface area contributed by atoms with Gasteiger partial charge in [-0.05, 0) is 12.1 Å². The van der Waals surface area contributed by atoms with Gasteiger partial charge in [0.1, 0.15) is 5.25 Å². The molecule has 0 aromatic heterocycles. The highest BCUT2D eigenvalue weighted by Crippen LogP contribution is 2.25. The number of para-hydroxylation sites is 1. The van der Waals surface area contributed by atoms with E-state index in [4.69, 9.17) is 17.3 Å². The molecule has 0 radical (unpaired) electrons. The number of thioether (sulfide) groups is 1. The molecule has 1 atom stereocenters. The lowest BCUT2D eigenvalue weighted by molar-refractivity contribution is -0.121. The molecule has 1 aromatic carbocycles. The average Bonchev–Trinajstić information content (AvgIpc) is 2.61. The zero-order valence-corrected chi connectivity index (χ0v) is 10.8. The third-order valence-electron chi connectivity index (χ3n) is 2.28. The first kappa shape index (κ1) is 12.9. The Balaban J connectivity index is 1.94. The summed E-state index contributed by atoms with van der Waals surface area (Å²) in [7, 11) is 0. The summed E-state index contributed by atoms with van der Waals surface area (Å²) in [6.45, 7) is 0. The van der Waals surface area contributed by atoms with Gasteiger partial charge in [0.15, 0.2) is 5.17 Å². The van der Waals surface area contributed by atoms with E-state index >= 15 is 0 Å². The molecule has 2 amide bonds. The van der Waals surface area contributed by atoms with E-state index in [9.17, 15) is 9.59 Å². The summed E-state index contributed by atoms with van der Waals surface area (Å²) < 4.78 is 0. The summed E-state index contributed by atoms with van der Waals surface area (Å²) in [6, 6.07) is 6.89. The molecule has 94 valence electrons. The molecule has 0 saturated carbocycles. The second kappa shape index (κ2) is 5.41. The summed E-state index contributed by atoms with van der Waals surface area (Å²) in [5.74, 6) is -0.661. The molecule has 5 nitrogen and oxygen atoms in total. The molecule has 0 fully saturated rings. The van der Waals surface area contributed by atoms with E-state index in [0.717, 1.165) is 11.8 Å². The average molecular weight is 284 g/mol. The van der Waals surface area contributed by atoms with E-state index in [1.165, 1.54) is 0 Å². The van der Waals surface area contributed by atoms with Crippen LogP contribution in [0.15, 0.2) is 29.3 Å². The van der Waals surface area contributed by atoms with Gasteiger partial charge in [-0.2, -0.15) is 4.99 Å². The van der Waals surface area contributed by atoms with E-state index in [-0.39, 0.29) is 23.4 Å². The number of hydrogen-bond donors (Lipinski definition) is 2. The van der Waals surface area contributed by atoms with E-state index in [1.54, 1.807) is 24.3 Å². The Morgan fingerprint density at radius 3 is 2.83 bits per heavy atom. The molecule has 1 aliphatic heterocycles. The second-order valence-electron chi connectivity index (χ2n) is 3.63. The zero-order chi connectivity index (χ0) is 13.1. The number of nitrogens with zero attached hydrogens (tertiary/aromatic N) is 1. The molecule has 0 aliphatic carbocycles. The van der Waals surface area contributed by atoms with Crippen molar-refractivity contribution in [1.29, 1.82) is 0 Å². The smallest absolute Gasteiger partial charge is 0.262 e. The van der Waals surface area contributed by atoms with Gasteiger partial charge in [-0.3, -0.25) is 9.59 Å².